The first-order chi connectivity index (χ1) is 15.1. The molecular weight excluding hydrogens is 432 g/mol. The zero-order chi connectivity index (χ0) is 21.4. The number of aryl methyl sites for hydroxylation is 1. The highest BCUT2D eigenvalue weighted by Gasteiger charge is 2.33. The monoisotopic (exact) mass is 450 g/mol. The summed E-state index contributed by atoms with van der Waals surface area (Å²) >= 11 is 2.88. The first kappa shape index (κ1) is 19.7. The summed E-state index contributed by atoms with van der Waals surface area (Å²) in [7, 11) is 1.58. The van der Waals surface area contributed by atoms with Crippen molar-refractivity contribution in [1.29, 1.82) is 0 Å². The van der Waals surface area contributed by atoms with Crippen molar-refractivity contribution < 1.29 is 14.3 Å². The molecule has 0 radical (unpaired) electrons. The van der Waals surface area contributed by atoms with Crippen LogP contribution in [0, 0.1) is 0 Å². The van der Waals surface area contributed by atoms with Gasteiger partial charge in [-0.2, -0.15) is 0 Å². The summed E-state index contributed by atoms with van der Waals surface area (Å²) in [6, 6.07) is 14.6. The van der Waals surface area contributed by atoms with Gasteiger partial charge in [0.2, 0.25) is 5.91 Å². The third-order valence-electron chi connectivity index (χ3n) is 5.13. The predicted molar refractivity (Wildman–Crippen MR) is 122 cm³/mol. The number of anilines is 2. The number of amides is 2. The van der Waals surface area contributed by atoms with E-state index in [0.29, 0.717) is 28.0 Å². The fourth-order valence-electron chi connectivity index (χ4n) is 3.57. The Morgan fingerprint density at radius 1 is 1.00 bits per heavy atom. The van der Waals surface area contributed by atoms with Crippen LogP contribution >= 0.6 is 22.7 Å². The van der Waals surface area contributed by atoms with Crippen molar-refractivity contribution in [2.75, 3.05) is 17.7 Å². The number of aromatic nitrogens is 2. The van der Waals surface area contributed by atoms with Gasteiger partial charge in [-0.15, -0.1) is 11.3 Å². The number of thiazole rings is 2. The maximum absolute atomic E-state index is 12.9. The van der Waals surface area contributed by atoms with Crippen LogP contribution in [0.5, 0.6) is 5.75 Å². The zero-order valence-corrected chi connectivity index (χ0v) is 18.2. The van der Waals surface area contributed by atoms with Crippen LogP contribution in [-0.4, -0.2) is 28.9 Å². The van der Waals surface area contributed by atoms with Gasteiger partial charge in [0.05, 0.1) is 28.9 Å². The van der Waals surface area contributed by atoms with E-state index in [1.165, 1.54) is 22.7 Å². The number of nitrogens with one attached hydrogen (secondary N) is 2. The molecule has 0 fully saturated rings. The molecule has 1 aliphatic rings. The molecule has 5 rings (SSSR count). The highest BCUT2D eigenvalue weighted by Crippen LogP contribution is 2.39. The van der Waals surface area contributed by atoms with E-state index in [9.17, 15) is 9.59 Å². The molecule has 31 heavy (non-hydrogen) atoms. The molecule has 0 bridgehead atoms. The molecule has 1 atom stereocenters. The summed E-state index contributed by atoms with van der Waals surface area (Å²) in [5.74, 6) is -0.0154. The molecule has 0 saturated carbocycles. The predicted octanol–water partition coefficient (Wildman–Crippen LogP) is 4.68. The standard InChI is InChI=1S/C22H18N4O3S2/c1-29-13-8-6-12(7-9-13)19(27)25-22-24-18-14(10-11-17(18)31-22)20(28)26-21-23-15-4-2-3-5-16(15)30-21/h2-9,14H,10-11H2,1H3,(H,23,26,28)(H,24,25,27). The van der Waals surface area contributed by atoms with Gasteiger partial charge in [0, 0.05) is 10.4 Å². The lowest BCUT2D eigenvalue weighted by atomic mass is 10.1. The van der Waals surface area contributed by atoms with Crippen LogP contribution < -0.4 is 15.4 Å². The SMILES string of the molecule is COc1ccc(C(=O)Nc2nc3c(s2)CCC3C(=O)Nc2nc3ccccc3s2)cc1. The van der Waals surface area contributed by atoms with Gasteiger partial charge in [0.1, 0.15) is 5.75 Å². The second-order valence-corrected chi connectivity index (χ2v) is 9.19. The molecule has 1 unspecified atom stereocenters. The Morgan fingerprint density at radius 3 is 2.55 bits per heavy atom. The fraction of sp³-hybridized carbons (Fsp3) is 0.182. The van der Waals surface area contributed by atoms with E-state index in [4.69, 9.17) is 4.74 Å². The van der Waals surface area contributed by atoms with Crippen LogP contribution in [0.1, 0.15) is 33.3 Å². The first-order valence-corrected chi connectivity index (χ1v) is 11.4. The van der Waals surface area contributed by atoms with Gasteiger partial charge in [-0.05, 0) is 49.2 Å². The Hall–Kier alpha value is -3.30. The van der Waals surface area contributed by atoms with Crippen molar-refractivity contribution in [3.63, 3.8) is 0 Å². The van der Waals surface area contributed by atoms with E-state index in [1.807, 2.05) is 24.3 Å². The van der Waals surface area contributed by atoms with Gasteiger partial charge in [-0.3, -0.25) is 14.9 Å². The van der Waals surface area contributed by atoms with E-state index in [0.717, 1.165) is 27.2 Å². The second kappa shape index (κ2) is 8.09. The van der Waals surface area contributed by atoms with Crippen molar-refractivity contribution in [1.82, 2.24) is 9.97 Å². The summed E-state index contributed by atoms with van der Waals surface area (Å²) in [5.41, 5.74) is 2.13. The molecule has 2 N–H and O–H groups in total. The van der Waals surface area contributed by atoms with Gasteiger partial charge in [0.15, 0.2) is 10.3 Å². The Balaban J connectivity index is 1.29. The Bertz CT molecular complexity index is 1250. The van der Waals surface area contributed by atoms with Crippen molar-refractivity contribution in [3.05, 3.63) is 64.7 Å². The molecule has 156 valence electrons. The number of methoxy groups -OCH3 is 1. The average Bonchev–Trinajstić information content (AvgIpc) is 3.47. The summed E-state index contributed by atoms with van der Waals surface area (Å²) in [6.07, 6.45) is 1.47. The van der Waals surface area contributed by atoms with Crippen LogP contribution in [0.3, 0.4) is 0 Å². The lowest BCUT2D eigenvalue weighted by molar-refractivity contribution is -0.117. The van der Waals surface area contributed by atoms with Crippen LogP contribution in [0.2, 0.25) is 0 Å². The Morgan fingerprint density at radius 2 is 1.77 bits per heavy atom. The fourth-order valence-corrected chi connectivity index (χ4v) is 5.47. The number of hydrogen-bond acceptors (Lipinski definition) is 7. The maximum Gasteiger partial charge on any atom is 0.257 e. The molecule has 0 spiro atoms. The summed E-state index contributed by atoms with van der Waals surface area (Å²) in [6.45, 7) is 0. The third-order valence-corrected chi connectivity index (χ3v) is 7.13. The van der Waals surface area contributed by atoms with E-state index in [-0.39, 0.29) is 17.7 Å². The molecule has 2 aromatic carbocycles. The minimum Gasteiger partial charge on any atom is -0.497 e. The summed E-state index contributed by atoms with van der Waals surface area (Å²) in [5, 5.41) is 6.86. The van der Waals surface area contributed by atoms with Crippen LogP contribution in [0.15, 0.2) is 48.5 Å². The molecule has 2 aromatic heterocycles. The Labute approximate surface area is 186 Å². The van der Waals surface area contributed by atoms with Crippen molar-refractivity contribution in [3.8, 4) is 5.75 Å². The van der Waals surface area contributed by atoms with Gasteiger partial charge >= 0.3 is 0 Å². The lowest BCUT2D eigenvalue weighted by Gasteiger charge is -2.08. The highest BCUT2D eigenvalue weighted by atomic mass is 32.1. The number of benzene rings is 2. The number of carbonyl (C=O) groups is 2. The lowest BCUT2D eigenvalue weighted by Crippen LogP contribution is -2.20. The molecular formula is C22H18N4O3S2. The maximum atomic E-state index is 12.9. The zero-order valence-electron chi connectivity index (χ0n) is 16.5. The molecule has 7 nitrogen and oxygen atoms in total. The number of para-hydroxylation sites is 1. The minimum absolute atomic E-state index is 0.115. The quantitative estimate of drug-likeness (QED) is 0.460. The van der Waals surface area contributed by atoms with Gasteiger partial charge < -0.3 is 10.1 Å². The number of ether oxygens (including phenoxy) is 1. The molecule has 2 heterocycles. The summed E-state index contributed by atoms with van der Waals surface area (Å²) in [4.78, 5) is 35.5. The second-order valence-electron chi connectivity index (χ2n) is 7.08. The highest BCUT2D eigenvalue weighted by molar-refractivity contribution is 7.22. The first-order valence-electron chi connectivity index (χ1n) is 9.72. The number of fused-ring (bicyclic) bond motifs is 2. The summed E-state index contributed by atoms with van der Waals surface area (Å²) < 4.78 is 6.15. The van der Waals surface area contributed by atoms with Crippen LogP contribution in [0.25, 0.3) is 10.2 Å². The van der Waals surface area contributed by atoms with Gasteiger partial charge in [-0.1, -0.05) is 23.5 Å². The van der Waals surface area contributed by atoms with E-state index < -0.39 is 0 Å². The molecule has 1 aliphatic carbocycles. The molecule has 9 heteroatoms. The van der Waals surface area contributed by atoms with Crippen LogP contribution in [0.4, 0.5) is 10.3 Å². The van der Waals surface area contributed by atoms with Crippen molar-refractivity contribution >= 4 is 55.0 Å². The van der Waals surface area contributed by atoms with Gasteiger partial charge in [0.25, 0.3) is 5.91 Å². The van der Waals surface area contributed by atoms with Crippen LogP contribution in [-0.2, 0) is 11.2 Å². The van der Waals surface area contributed by atoms with E-state index in [2.05, 4.69) is 20.6 Å². The largest absolute Gasteiger partial charge is 0.497 e. The number of carbonyl (C=O) groups excluding carboxylic acids is 2. The molecule has 2 amide bonds. The van der Waals surface area contributed by atoms with Crippen molar-refractivity contribution in [2.45, 2.75) is 18.8 Å². The number of hydrogen-bond donors (Lipinski definition) is 2. The minimum atomic E-state index is -0.343. The van der Waals surface area contributed by atoms with Gasteiger partial charge in [-0.25, -0.2) is 9.97 Å². The smallest absolute Gasteiger partial charge is 0.257 e. The molecule has 0 saturated heterocycles. The van der Waals surface area contributed by atoms with E-state index >= 15 is 0 Å². The number of nitrogens with zero attached hydrogens (tertiary/aromatic N) is 2. The average molecular weight is 451 g/mol. The molecule has 4 aromatic rings. The Kier molecular flexibility index (Phi) is 5.13. The van der Waals surface area contributed by atoms with E-state index in [1.54, 1.807) is 31.4 Å². The number of rotatable bonds is 5. The third kappa shape index (κ3) is 3.89. The normalized spacial score (nSPS) is 14.9. The molecule has 0 aliphatic heterocycles. The topological polar surface area (TPSA) is 93.2 Å². The van der Waals surface area contributed by atoms with Crippen molar-refractivity contribution in [2.24, 2.45) is 0 Å².